The van der Waals surface area contributed by atoms with Crippen LogP contribution in [0, 0.1) is 0 Å². The summed E-state index contributed by atoms with van der Waals surface area (Å²) in [5.74, 6) is 0.323. The lowest BCUT2D eigenvalue weighted by Crippen LogP contribution is -2.14. The van der Waals surface area contributed by atoms with E-state index in [0.29, 0.717) is 29.8 Å². The van der Waals surface area contributed by atoms with Crippen molar-refractivity contribution in [1.29, 1.82) is 0 Å². The van der Waals surface area contributed by atoms with Crippen LogP contribution in [-0.4, -0.2) is 25.0 Å². The van der Waals surface area contributed by atoms with E-state index in [1.54, 1.807) is 18.5 Å². The Kier molecular flexibility index (Phi) is 4.32. The third-order valence-corrected chi connectivity index (χ3v) is 4.70. The van der Waals surface area contributed by atoms with E-state index in [4.69, 9.17) is 0 Å². The first-order chi connectivity index (χ1) is 13.0. The lowest BCUT2D eigenvalue weighted by Gasteiger charge is -2.08. The van der Waals surface area contributed by atoms with Gasteiger partial charge in [0.2, 0.25) is 0 Å². The number of aromatic hydroxyl groups is 1. The number of aromatic amines is 1. The maximum absolute atomic E-state index is 12.1. The van der Waals surface area contributed by atoms with Crippen LogP contribution in [0.2, 0.25) is 0 Å². The number of rotatable bonds is 4. The van der Waals surface area contributed by atoms with Crippen LogP contribution in [0.25, 0.3) is 22.1 Å². The molecule has 0 amide bonds. The first-order valence-electron chi connectivity index (χ1n) is 8.97. The summed E-state index contributed by atoms with van der Waals surface area (Å²) in [6.45, 7) is 3.99. The van der Waals surface area contributed by atoms with Crippen LogP contribution in [0.1, 0.15) is 36.6 Å². The molecule has 0 unspecified atom stereocenters. The normalized spacial score (nSPS) is 11.5. The van der Waals surface area contributed by atoms with Gasteiger partial charge in [0.1, 0.15) is 11.4 Å². The summed E-state index contributed by atoms with van der Waals surface area (Å²) in [7, 11) is 0. The van der Waals surface area contributed by atoms with Gasteiger partial charge in [-0.1, -0.05) is 13.8 Å². The van der Waals surface area contributed by atoms with Gasteiger partial charge in [0.05, 0.1) is 5.69 Å². The Bertz CT molecular complexity index is 1200. The summed E-state index contributed by atoms with van der Waals surface area (Å²) in [6.07, 6.45) is 4.70. The van der Waals surface area contributed by atoms with Gasteiger partial charge in [0.15, 0.2) is 5.65 Å². The van der Waals surface area contributed by atoms with Gasteiger partial charge in [-0.2, -0.15) is 0 Å². The van der Waals surface area contributed by atoms with Crippen molar-refractivity contribution in [2.75, 3.05) is 0 Å². The molecule has 136 valence electrons. The van der Waals surface area contributed by atoms with E-state index in [-0.39, 0.29) is 17.2 Å². The molecule has 4 heterocycles. The van der Waals surface area contributed by atoms with Crippen molar-refractivity contribution in [3.8, 4) is 5.75 Å². The van der Waals surface area contributed by atoms with Crippen LogP contribution in [0.15, 0.2) is 47.5 Å². The quantitative estimate of drug-likeness (QED) is 0.581. The molecule has 0 aliphatic heterocycles. The first-order valence-corrected chi connectivity index (χ1v) is 8.97. The third kappa shape index (κ3) is 3.38. The van der Waals surface area contributed by atoms with Gasteiger partial charge in [0, 0.05) is 28.7 Å². The minimum Gasteiger partial charge on any atom is -0.506 e. The predicted octanol–water partition coefficient (Wildman–Crippen LogP) is 3.48. The van der Waals surface area contributed by atoms with Gasteiger partial charge in [-0.25, -0.2) is 15.0 Å². The van der Waals surface area contributed by atoms with Crippen LogP contribution < -0.4 is 5.56 Å². The predicted molar refractivity (Wildman–Crippen MR) is 105 cm³/mol. The Hall–Kier alpha value is -3.28. The average Bonchev–Trinajstić information content (AvgIpc) is 2.65. The van der Waals surface area contributed by atoms with Crippen molar-refractivity contribution in [3.05, 3.63) is 69.9 Å². The van der Waals surface area contributed by atoms with E-state index in [1.807, 2.05) is 38.1 Å². The summed E-state index contributed by atoms with van der Waals surface area (Å²) in [6, 6.07) is 9.33. The van der Waals surface area contributed by atoms with Gasteiger partial charge in [-0.15, -0.1) is 0 Å². The summed E-state index contributed by atoms with van der Waals surface area (Å²) in [4.78, 5) is 28.0. The number of fused-ring (bicyclic) bond motifs is 2. The van der Waals surface area contributed by atoms with E-state index in [1.165, 1.54) is 0 Å². The largest absolute Gasteiger partial charge is 0.506 e. The highest BCUT2D eigenvalue weighted by Gasteiger charge is 2.10. The van der Waals surface area contributed by atoms with Crippen molar-refractivity contribution in [2.24, 2.45) is 0 Å². The van der Waals surface area contributed by atoms with Crippen LogP contribution in [-0.2, 0) is 12.8 Å². The standard InChI is InChI=1S/C21H20N4O2/c1-12(2)16-9-15-8-13(11-23-20(15)25-21(16)27)5-6-17-18(26)10-14-4-3-7-22-19(14)24-17/h3-4,7-12,26H,5-6H2,1-2H3,(H,23,25,27). The molecule has 0 bridgehead atoms. The van der Waals surface area contributed by atoms with Crippen LogP contribution in [0.5, 0.6) is 5.75 Å². The number of hydrogen-bond acceptors (Lipinski definition) is 5. The molecular weight excluding hydrogens is 340 g/mol. The fraction of sp³-hybridized carbons (Fsp3) is 0.238. The van der Waals surface area contributed by atoms with Crippen LogP contribution in [0.4, 0.5) is 0 Å². The highest BCUT2D eigenvalue weighted by Crippen LogP contribution is 2.22. The zero-order valence-electron chi connectivity index (χ0n) is 15.2. The number of aryl methyl sites for hydroxylation is 2. The van der Waals surface area contributed by atoms with E-state index in [0.717, 1.165) is 21.9 Å². The maximum Gasteiger partial charge on any atom is 0.253 e. The smallest absolute Gasteiger partial charge is 0.253 e. The number of nitrogens with zero attached hydrogens (tertiary/aromatic N) is 3. The second-order valence-electron chi connectivity index (χ2n) is 6.99. The van der Waals surface area contributed by atoms with Crippen LogP contribution in [0.3, 0.4) is 0 Å². The van der Waals surface area contributed by atoms with Gasteiger partial charge in [0.25, 0.3) is 5.56 Å². The molecule has 6 heteroatoms. The Morgan fingerprint density at radius 2 is 1.96 bits per heavy atom. The fourth-order valence-electron chi connectivity index (χ4n) is 3.20. The molecule has 0 fully saturated rings. The second kappa shape index (κ2) is 6.79. The molecule has 0 aromatic carbocycles. The molecule has 0 aliphatic carbocycles. The molecule has 4 aromatic heterocycles. The highest BCUT2D eigenvalue weighted by atomic mass is 16.3. The van der Waals surface area contributed by atoms with E-state index in [9.17, 15) is 9.90 Å². The van der Waals surface area contributed by atoms with Crippen molar-refractivity contribution < 1.29 is 5.11 Å². The monoisotopic (exact) mass is 360 g/mol. The summed E-state index contributed by atoms with van der Waals surface area (Å²) in [5, 5.41) is 12.0. The average molecular weight is 360 g/mol. The lowest BCUT2D eigenvalue weighted by molar-refractivity contribution is 0.465. The van der Waals surface area contributed by atoms with Crippen molar-refractivity contribution in [3.63, 3.8) is 0 Å². The molecule has 4 aromatic rings. The van der Waals surface area contributed by atoms with E-state index in [2.05, 4.69) is 19.9 Å². The molecule has 0 saturated heterocycles. The minimum absolute atomic E-state index is 0.0875. The van der Waals surface area contributed by atoms with Gasteiger partial charge >= 0.3 is 0 Å². The SMILES string of the molecule is CC(C)c1cc2cc(CCc3nc4ncccc4cc3O)cnc2[nH]c1=O. The van der Waals surface area contributed by atoms with Crippen molar-refractivity contribution >= 4 is 22.1 Å². The zero-order valence-corrected chi connectivity index (χ0v) is 15.2. The number of pyridine rings is 4. The topological polar surface area (TPSA) is 91.8 Å². The number of H-pyrrole nitrogens is 1. The molecule has 6 nitrogen and oxygen atoms in total. The van der Waals surface area contributed by atoms with Crippen molar-refractivity contribution in [1.82, 2.24) is 19.9 Å². The van der Waals surface area contributed by atoms with Gasteiger partial charge in [-0.05, 0) is 54.7 Å². The number of hydrogen-bond donors (Lipinski definition) is 2. The van der Waals surface area contributed by atoms with Gasteiger partial charge in [-0.3, -0.25) is 4.79 Å². The van der Waals surface area contributed by atoms with E-state index < -0.39 is 0 Å². The van der Waals surface area contributed by atoms with Gasteiger partial charge < -0.3 is 10.1 Å². The minimum atomic E-state index is -0.0875. The Morgan fingerprint density at radius 1 is 1.11 bits per heavy atom. The van der Waals surface area contributed by atoms with Crippen LogP contribution >= 0.6 is 0 Å². The molecule has 2 N–H and O–H groups in total. The molecule has 27 heavy (non-hydrogen) atoms. The zero-order chi connectivity index (χ0) is 19.0. The summed E-state index contributed by atoms with van der Waals surface area (Å²) >= 11 is 0. The first kappa shape index (κ1) is 17.1. The third-order valence-electron chi connectivity index (χ3n) is 4.70. The molecule has 0 radical (unpaired) electrons. The maximum atomic E-state index is 12.1. The van der Waals surface area contributed by atoms with Crippen molar-refractivity contribution in [2.45, 2.75) is 32.6 Å². The lowest BCUT2D eigenvalue weighted by atomic mass is 10.0. The molecular formula is C21H20N4O2. The molecule has 0 spiro atoms. The molecule has 0 atom stereocenters. The number of nitrogens with one attached hydrogen (secondary N) is 1. The highest BCUT2D eigenvalue weighted by molar-refractivity contribution is 5.77. The second-order valence-corrected chi connectivity index (χ2v) is 6.99. The summed E-state index contributed by atoms with van der Waals surface area (Å²) in [5.41, 5.74) is 3.51. The summed E-state index contributed by atoms with van der Waals surface area (Å²) < 4.78 is 0. The molecule has 0 saturated carbocycles. The fourth-order valence-corrected chi connectivity index (χ4v) is 3.20. The Balaban J connectivity index is 1.63. The molecule has 4 rings (SSSR count). The van der Waals surface area contributed by atoms with E-state index >= 15 is 0 Å². The molecule has 0 aliphatic rings. The number of aromatic nitrogens is 4. The Morgan fingerprint density at radius 3 is 2.78 bits per heavy atom. The Labute approximate surface area is 156 Å².